The highest BCUT2D eigenvalue weighted by Gasteiger charge is 2.23. The molecule has 0 radical (unpaired) electrons. The molecule has 1 aromatic heterocycles. The quantitative estimate of drug-likeness (QED) is 0.869. The molecule has 1 N–H and O–H groups in total. The molecule has 0 bridgehead atoms. The van der Waals surface area contributed by atoms with Crippen LogP contribution in [0.1, 0.15) is 52.5 Å². The summed E-state index contributed by atoms with van der Waals surface area (Å²) in [6.07, 6.45) is 8.34. The van der Waals surface area contributed by atoms with E-state index < -0.39 is 0 Å². The second-order valence-corrected chi connectivity index (χ2v) is 6.32. The summed E-state index contributed by atoms with van der Waals surface area (Å²) in [6.45, 7) is 9.77. The van der Waals surface area contributed by atoms with Crippen LogP contribution in [0.2, 0.25) is 0 Å². The molecule has 0 amide bonds. The maximum Gasteiger partial charge on any atom is 0.0543 e. The van der Waals surface area contributed by atoms with E-state index in [9.17, 15) is 0 Å². The summed E-state index contributed by atoms with van der Waals surface area (Å²) in [5, 5.41) is 8.03. The molecule has 1 unspecified atom stereocenters. The normalized spacial score (nSPS) is 19.1. The lowest BCUT2D eigenvalue weighted by Crippen LogP contribution is -2.36. The number of hydrogen-bond acceptors (Lipinski definition) is 2. The van der Waals surface area contributed by atoms with Crippen LogP contribution in [0.5, 0.6) is 0 Å². The number of nitrogens with one attached hydrogen (secondary N) is 1. The Morgan fingerprint density at radius 1 is 1.47 bits per heavy atom. The van der Waals surface area contributed by atoms with Gasteiger partial charge in [0.1, 0.15) is 0 Å². The second kappa shape index (κ2) is 4.81. The molecule has 0 aliphatic heterocycles. The molecule has 0 saturated heterocycles. The fourth-order valence-corrected chi connectivity index (χ4v) is 2.20. The Balaban J connectivity index is 1.84. The van der Waals surface area contributed by atoms with E-state index in [4.69, 9.17) is 0 Å². The minimum atomic E-state index is 0.0812. The highest BCUT2D eigenvalue weighted by molar-refractivity contribution is 5.05. The number of rotatable bonds is 4. The van der Waals surface area contributed by atoms with E-state index in [0.717, 1.165) is 12.5 Å². The van der Waals surface area contributed by atoms with Crippen molar-refractivity contribution in [1.29, 1.82) is 0 Å². The topological polar surface area (TPSA) is 29.9 Å². The minimum Gasteiger partial charge on any atom is -0.310 e. The van der Waals surface area contributed by atoms with Gasteiger partial charge in [-0.25, -0.2) is 0 Å². The van der Waals surface area contributed by atoms with Gasteiger partial charge in [-0.05, 0) is 46.5 Å². The molecule has 1 saturated carbocycles. The first-order valence-corrected chi connectivity index (χ1v) is 6.74. The molecule has 1 fully saturated rings. The average molecular weight is 235 g/mol. The third-order valence-corrected chi connectivity index (χ3v) is 3.81. The van der Waals surface area contributed by atoms with Crippen LogP contribution in [0, 0.1) is 5.92 Å². The van der Waals surface area contributed by atoms with Gasteiger partial charge in [-0.1, -0.05) is 6.42 Å². The van der Waals surface area contributed by atoms with Gasteiger partial charge < -0.3 is 5.32 Å². The molecule has 1 aliphatic rings. The van der Waals surface area contributed by atoms with Crippen LogP contribution in [0.15, 0.2) is 12.4 Å². The summed E-state index contributed by atoms with van der Waals surface area (Å²) in [5.74, 6) is 0.896. The summed E-state index contributed by atoms with van der Waals surface area (Å²) >= 11 is 0. The van der Waals surface area contributed by atoms with Gasteiger partial charge in [0.05, 0.1) is 11.7 Å². The second-order valence-electron chi connectivity index (χ2n) is 6.32. The molecule has 0 aromatic carbocycles. The van der Waals surface area contributed by atoms with Crippen LogP contribution in [0.4, 0.5) is 0 Å². The molecule has 3 heteroatoms. The maximum absolute atomic E-state index is 4.42. The zero-order valence-corrected chi connectivity index (χ0v) is 11.5. The van der Waals surface area contributed by atoms with E-state index in [1.54, 1.807) is 0 Å². The zero-order valence-electron chi connectivity index (χ0n) is 11.5. The van der Waals surface area contributed by atoms with Crippen molar-refractivity contribution in [2.75, 3.05) is 0 Å². The highest BCUT2D eigenvalue weighted by atomic mass is 15.3. The van der Waals surface area contributed by atoms with Gasteiger partial charge in [0.25, 0.3) is 0 Å². The first kappa shape index (κ1) is 12.6. The molecule has 17 heavy (non-hydrogen) atoms. The molecule has 1 atom stereocenters. The van der Waals surface area contributed by atoms with Crippen molar-refractivity contribution in [3.8, 4) is 0 Å². The van der Waals surface area contributed by atoms with Crippen LogP contribution in [0.25, 0.3) is 0 Å². The van der Waals surface area contributed by atoms with Crippen LogP contribution in [0.3, 0.4) is 0 Å². The molecular weight excluding hydrogens is 210 g/mol. The van der Waals surface area contributed by atoms with Gasteiger partial charge in [0, 0.05) is 24.3 Å². The zero-order chi connectivity index (χ0) is 12.5. The number of hydrogen-bond donors (Lipinski definition) is 1. The highest BCUT2D eigenvalue weighted by Crippen LogP contribution is 2.29. The molecule has 1 aliphatic carbocycles. The lowest BCUT2D eigenvalue weighted by molar-refractivity contribution is 0.240. The monoisotopic (exact) mass is 235 g/mol. The Kier molecular flexibility index (Phi) is 3.57. The van der Waals surface area contributed by atoms with Gasteiger partial charge in [-0.15, -0.1) is 0 Å². The lowest BCUT2D eigenvalue weighted by atomic mass is 9.80. The van der Waals surface area contributed by atoms with Crippen molar-refractivity contribution in [3.63, 3.8) is 0 Å². The Morgan fingerprint density at radius 3 is 2.65 bits per heavy atom. The van der Waals surface area contributed by atoms with E-state index in [1.165, 1.54) is 24.8 Å². The van der Waals surface area contributed by atoms with Gasteiger partial charge in [-0.2, -0.15) is 5.10 Å². The van der Waals surface area contributed by atoms with Crippen LogP contribution in [-0.4, -0.2) is 15.8 Å². The molecule has 3 nitrogen and oxygen atoms in total. The third-order valence-electron chi connectivity index (χ3n) is 3.81. The Labute approximate surface area is 105 Å². The average Bonchev–Trinajstić information content (AvgIpc) is 2.59. The molecule has 1 heterocycles. The Bertz CT molecular complexity index is 358. The fraction of sp³-hybridized carbons (Fsp3) is 0.786. The lowest BCUT2D eigenvalue weighted by Gasteiger charge is -2.32. The fourth-order valence-electron chi connectivity index (χ4n) is 2.20. The summed E-state index contributed by atoms with van der Waals surface area (Å²) in [7, 11) is 0. The summed E-state index contributed by atoms with van der Waals surface area (Å²) in [4.78, 5) is 0. The van der Waals surface area contributed by atoms with Gasteiger partial charge in [0.15, 0.2) is 0 Å². The standard InChI is InChI=1S/C14H25N3/c1-11(13-6-5-7-13)15-8-12-9-16-17(10-12)14(2,3)4/h9-11,13,15H,5-8H2,1-4H3. The van der Waals surface area contributed by atoms with Gasteiger partial charge in [-0.3, -0.25) is 4.68 Å². The Hall–Kier alpha value is -0.830. The molecule has 1 aromatic rings. The van der Waals surface area contributed by atoms with Crippen LogP contribution < -0.4 is 5.32 Å². The van der Waals surface area contributed by atoms with Crippen molar-refractivity contribution in [3.05, 3.63) is 18.0 Å². The Morgan fingerprint density at radius 2 is 2.18 bits per heavy atom. The largest absolute Gasteiger partial charge is 0.310 e. The van der Waals surface area contributed by atoms with Crippen molar-refractivity contribution in [1.82, 2.24) is 15.1 Å². The third kappa shape index (κ3) is 3.09. The predicted molar refractivity (Wildman–Crippen MR) is 70.9 cm³/mol. The van der Waals surface area contributed by atoms with E-state index >= 15 is 0 Å². The van der Waals surface area contributed by atoms with Crippen molar-refractivity contribution in [2.45, 2.75) is 65.1 Å². The van der Waals surface area contributed by atoms with Crippen molar-refractivity contribution < 1.29 is 0 Å². The molecular formula is C14H25N3. The van der Waals surface area contributed by atoms with Crippen molar-refractivity contribution >= 4 is 0 Å². The summed E-state index contributed by atoms with van der Waals surface area (Å²) in [6, 6.07) is 0.640. The predicted octanol–water partition coefficient (Wildman–Crippen LogP) is 2.92. The van der Waals surface area contributed by atoms with Gasteiger partial charge in [0.2, 0.25) is 0 Å². The van der Waals surface area contributed by atoms with E-state index in [0.29, 0.717) is 6.04 Å². The van der Waals surface area contributed by atoms with E-state index in [2.05, 4.69) is 44.3 Å². The number of nitrogens with zero attached hydrogens (tertiary/aromatic N) is 2. The maximum atomic E-state index is 4.42. The summed E-state index contributed by atoms with van der Waals surface area (Å²) in [5.41, 5.74) is 1.36. The molecule has 2 rings (SSSR count). The molecule has 0 spiro atoms. The number of aromatic nitrogens is 2. The summed E-state index contributed by atoms with van der Waals surface area (Å²) < 4.78 is 2.04. The first-order valence-electron chi connectivity index (χ1n) is 6.74. The van der Waals surface area contributed by atoms with Crippen LogP contribution >= 0.6 is 0 Å². The smallest absolute Gasteiger partial charge is 0.0543 e. The molecule has 96 valence electrons. The van der Waals surface area contributed by atoms with Crippen molar-refractivity contribution in [2.24, 2.45) is 5.92 Å². The SMILES string of the molecule is CC(NCc1cnn(C(C)(C)C)c1)C1CCC1. The first-order chi connectivity index (χ1) is 7.97. The van der Waals surface area contributed by atoms with E-state index in [1.807, 2.05) is 10.9 Å². The van der Waals surface area contributed by atoms with Gasteiger partial charge >= 0.3 is 0 Å². The minimum absolute atomic E-state index is 0.0812. The van der Waals surface area contributed by atoms with E-state index in [-0.39, 0.29) is 5.54 Å². The van der Waals surface area contributed by atoms with Crippen LogP contribution in [-0.2, 0) is 12.1 Å².